The van der Waals surface area contributed by atoms with Crippen molar-refractivity contribution in [2.45, 2.75) is 56.1 Å². The number of fused-ring (bicyclic) bond motifs is 1. The van der Waals surface area contributed by atoms with Crippen molar-refractivity contribution in [2.24, 2.45) is 10.7 Å². The van der Waals surface area contributed by atoms with Gasteiger partial charge in [0.2, 0.25) is 0 Å². The van der Waals surface area contributed by atoms with Crippen LogP contribution in [0.2, 0.25) is 0 Å². The van der Waals surface area contributed by atoms with Gasteiger partial charge < -0.3 is 11.1 Å². The molecule has 0 radical (unpaired) electrons. The lowest BCUT2D eigenvalue weighted by Crippen LogP contribution is -2.69. The molecule has 0 saturated carbocycles. The number of hydrogen-bond acceptors (Lipinski definition) is 7. The number of amides is 1. The van der Waals surface area contributed by atoms with Gasteiger partial charge >= 0.3 is 0 Å². The third kappa shape index (κ3) is 3.58. The number of nitrogens with zero attached hydrogens (tertiary/aromatic N) is 4. The van der Waals surface area contributed by atoms with E-state index in [0.717, 1.165) is 6.42 Å². The summed E-state index contributed by atoms with van der Waals surface area (Å²) in [5, 5.41) is 11.1. The molecule has 0 unspecified atom stereocenters. The van der Waals surface area contributed by atoms with Crippen LogP contribution in [-0.2, 0) is 15.7 Å². The number of aryl methyl sites for hydroxylation is 1. The Bertz CT molecular complexity index is 1300. The third-order valence-electron chi connectivity index (χ3n) is 6.89. The Morgan fingerprint density at radius 1 is 1.38 bits per heavy atom. The predicted octanol–water partition coefficient (Wildman–Crippen LogP) is 2.10. The van der Waals surface area contributed by atoms with Gasteiger partial charge in [0.15, 0.2) is 0 Å². The summed E-state index contributed by atoms with van der Waals surface area (Å²) in [5.41, 5.74) is 5.97. The molecule has 1 amide bonds. The zero-order valence-electron chi connectivity index (χ0n) is 19.5. The highest BCUT2D eigenvalue weighted by molar-refractivity contribution is 8.04. The standard InChI is InChI=1S/C23H28FN7O2S/c1-13-10-14(11-25)12-27-18(13)20(32)30-17-8-7-15(24)19(29-17)23(4)16-6-5-9-28-34(16,33)22(2,3)21(26)31-23/h7-8,10,12,16,34H,5-6,9H2,1-4H3,(H2,26,31)(H,28,33)(H,29,30,32)/t16-,23-/m0/s1. The molecular weight excluding hydrogens is 457 g/mol. The van der Waals surface area contributed by atoms with Gasteiger partial charge in [-0.25, -0.2) is 14.4 Å². The van der Waals surface area contributed by atoms with E-state index in [-0.39, 0.29) is 23.0 Å². The van der Waals surface area contributed by atoms with Gasteiger partial charge in [-0.2, -0.15) is 5.26 Å². The van der Waals surface area contributed by atoms with Crippen LogP contribution < -0.4 is 15.8 Å². The molecule has 4 rings (SSSR count). The van der Waals surface area contributed by atoms with Gasteiger partial charge in [0.1, 0.15) is 40.5 Å². The lowest BCUT2D eigenvalue weighted by atomic mass is 9.89. The summed E-state index contributed by atoms with van der Waals surface area (Å²) in [7, 11) is -3.12. The molecule has 2 atom stereocenters. The van der Waals surface area contributed by atoms with Crippen LogP contribution in [-0.4, -0.2) is 42.5 Å². The third-order valence-corrected chi connectivity index (χ3v) is 11.1. The molecule has 2 aliphatic rings. The predicted molar refractivity (Wildman–Crippen MR) is 129 cm³/mol. The molecule has 2 aromatic rings. The molecule has 2 aliphatic heterocycles. The second kappa shape index (κ2) is 8.21. The average Bonchev–Trinajstić information content (AvgIpc) is 2.79. The van der Waals surface area contributed by atoms with Crippen LogP contribution in [0.25, 0.3) is 0 Å². The first-order valence-corrected chi connectivity index (χ1v) is 12.8. The number of nitriles is 1. The van der Waals surface area contributed by atoms with Crippen molar-refractivity contribution in [1.82, 2.24) is 14.7 Å². The molecule has 34 heavy (non-hydrogen) atoms. The first kappa shape index (κ1) is 23.9. The van der Waals surface area contributed by atoms with Crippen LogP contribution in [0.15, 0.2) is 29.4 Å². The molecule has 4 N–H and O–H groups in total. The highest BCUT2D eigenvalue weighted by Crippen LogP contribution is 2.48. The minimum Gasteiger partial charge on any atom is -0.386 e. The minimum atomic E-state index is -3.12. The Kier molecular flexibility index (Phi) is 5.78. The summed E-state index contributed by atoms with van der Waals surface area (Å²) in [5.74, 6) is -0.890. The molecule has 9 nitrogen and oxygen atoms in total. The van der Waals surface area contributed by atoms with E-state index in [4.69, 9.17) is 11.0 Å². The summed E-state index contributed by atoms with van der Waals surface area (Å²) in [6.07, 6.45) is 2.64. The van der Waals surface area contributed by atoms with Crippen LogP contribution in [0.4, 0.5) is 10.2 Å². The van der Waals surface area contributed by atoms with Crippen LogP contribution in [0.1, 0.15) is 60.9 Å². The average molecular weight is 486 g/mol. The molecule has 0 aromatic carbocycles. The number of hydrogen-bond donors (Lipinski definition) is 4. The van der Waals surface area contributed by atoms with Crippen LogP contribution in [0.5, 0.6) is 0 Å². The van der Waals surface area contributed by atoms with E-state index in [2.05, 4.69) is 25.0 Å². The topological polar surface area (TPSA) is 146 Å². The van der Waals surface area contributed by atoms with Crippen molar-refractivity contribution in [3.63, 3.8) is 0 Å². The molecule has 180 valence electrons. The van der Waals surface area contributed by atoms with Crippen LogP contribution in [0.3, 0.4) is 0 Å². The second-order valence-electron chi connectivity index (χ2n) is 9.41. The van der Waals surface area contributed by atoms with Gasteiger partial charge in [0, 0.05) is 12.7 Å². The van der Waals surface area contributed by atoms with E-state index in [9.17, 15) is 9.00 Å². The quantitative estimate of drug-likeness (QED) is 0.490. The largest absolute Gasteiger partial charge is 0.386 e. The molecule has 0 aliphatic carbocycles. The number of nitrogens with two attached hydrogens (primary N) is 1. The van der Waals surface area contributed by atoms with Crippen molar-refractivity contribution < 1.29 is 13.4 Å². The summed E-state index contributed by atoms with van der Waals surface area (Å²) in [6.45, 7) is 7.55. The molecule has 1 saturated heterocycles. The Labute approximate surface area is 198 Å². The number of halogens is 1. The van der Waals surface area contributed by atoms with Crippen LogP contribution in [0, 0.1) is 24.1 Å². The Hall–Kier alpha value is -3.23. The monoisotopic (exact) mass is 485 g/mol. The summed E-state index contributed by atoms with van der Waals surface area (Å²) >= 11 is 0. The van der Waals surface area contributed by atoms with Crippen LogP contribution >= 0.6 is 0 Å². The number of aliphatic imine (C=N–C) groups is 1. The van der Waals surface area contributed by atoms with Crippen molar-refractivity contribution >= 4 is 27.7 Å². The Morgan fingerprint density at radius 3 is 2.79 bits per heavy atom. The molecule has 4 heterocycles. The number of anilines is 1. The number of thiol groups is 1. The van der Waals surface area contributed by atoms with Gasteiger partial charge in [-0.1, -0.05) is 0 Å². The van der Waals surface area contributed by atoms with E-state index in [1.54, 1.807) is 33.8 Å². The Balaban J connectivity index is 1.75. The Morgan fingerprint density at radius 2 is 2.12 bits per heavy atom. The van der Waals surface area contributed by atoms with E-state index in [1.165, 1.54) is 18.3 Å². The number of carbonyl (C=O) groups is 1. The fraction of sp³-hybridized carbons (Fsp3) is 0.435. The van der Waals surface area contributed by atoms with Gasteiger partial charge in [0.25, 0.3) is 5.91 Å². The first-order chi connectivity index (χ1) is 15.9. The van der Waals surface area contributed by atoms with Gasteiger partial charge in [-0.15, -0.1) is 0 Å². The SMILES string of the molecule is Cc1cc(C#N)cnc1C(=O)Nc1ccc(F)c([C@@]2(C)N=C(N)C(C)(C)[SH]3(=O)NCCC[C@@H]23)n1. The summed E-state index contributed by atoms with van der Waals surface area (Å²) in [4.78, 5) is 25.9. The summed E-state index contributed by atoms with van der Waals surface area (Å²) < 4.78 is 31.7. The van der Waals surface area contributed by atoms with E-state index in [1.807, 2.05) is 6.07 Å². The zero-order chi connectivity index (χ0) is 24.9. The smallest absolute Gasteiger partial charge is 0.275 e. The molecular formula is C23H28FN7O2S. The highest BCUT2D eigenvalue weighted by atomic mass is 32.3. The number of nitrogens with one attached hydrogen (secondary N) is 2. The molecule has 2 aromatic heterocycles. The lowest BCUT2D eigenvalue weighted by Gasteiger charge is -2.55. The highest BCUT2D eigenvalue weighted by Gasteiger charge is 2.57. The number of rotatable bonds is 3. The minimum absolute atomic E-state index is 0.0258. The molecule has 0 bridgehead atoms. The number of amidine groups is 1. The molecule has 11 heteroatoms. The van der Waals surface area contributed by atoms with Gasteiger partial charge in [-0.05, 0) is 74.4 Å². The van der Waals surface area contributed by atoms with Crippen molar-refractivity contribution in [3.05, 3.63) is 52.7 Å². The first-order valence-electron chi connectivity index (χ1n) is 11.0. The van der Waals surface area contributed by atoms with Crippen molar-refractivity contribution in [3.8, 4) is 6.07 Å². The molecule has 1 fully saturated rings. The lowest BCUT2D eigenvalue weighted by molar-refractivity contribution is 0.102. The summed E-state index contributed by atoms with van der Waals surface area (Å²) in [6, 6.07) is 6.08. The number of carbonyl (C=O) groups excluding carboxylic acids is 1. The number of pyridine rings is 2. The van der Waals surface area contributed by atoms with E-state index in [0.29, 0.717) is 24.1 Å². The maximum absolute atomic E-state index is 15.2. The zero-order valence-corrected chi connectivity index (χ0v) is 20.4. The van der Waals surface area contributed by atoms with Gasteiger partial charge in [0.05, 0.1) is 15.6 Å². The van der Waals surface area contributed by atoms with E-state index >= 15 is 4.39 Å². The van der Waals surface area contributed by atoms with Crippen molar-refractivity contribution in [2.75, 3.05) is 11.9 Å². The van der Waals surface area contributed by atoms with E-state index < -0.39 is 37.4 Å². The normalized spacial score (nSPS) is 25.9. The fourth-order valence-corrected chi connectivity index (χ4v) is 8.52. The maximum atomic E-state index is 15.2. The molecule has 0 spiro atoms. The maximum Gasteiger partial charge on any atom is 0.275 e. The second-order valence-corrected chi connectivity index (χ2v) is 12.8. The van der Waals surface area contributed by atoms with Crippen molar-refractivity contribution in [1.29, 1.82) is 5.26 Å². The number of aromatic nitrogens is 2. The van der Waals surface area contributed by atoms with Gasteiger partial charge in [-0.3, -0.25) is 18.7 Å². The fourth-order valence-electron chi connectivity index (χ4n) is 4.81.